The van der Waals surface area contributed by atoms with Gasteiger partial charge in [0.1, 0.15) is 5.82 Å². The summed E-state index contributed by atoms with van der Waals surface area (Å²) in [5.74, 6) is -0.134. The molecule has 0 aliphatic heterocycles. The normalized spacial score (nSPS) is 16.2. The minimum absolute atomic E-state index is 0.0254. The van der Waals surface area contributed by atoms with E-state index in [0.717, 1.165) is 31.7 Å². The van der Waals surface area contributed by atoms with Gasteiger partial charge in [-0.15, -0.1) is 5.10 Å². The van der Waals surface area contributed by atoms with E-state index in [4.69, 9.17) is 0 Å². The van der Waals surface area contributed by atoms with Crippen molar-refractivity contribution in [2.45, 2.75) is 43.2 Å². The van der Waals surface area contributed by atoms with Gasteiger partial charge in [0.15, 0.2) is 5.82 Å². The van der Waals surface area contributed by atoms with E-state index in [0.29, 0.717) is 5.82 Å². The number of hydrogen-bond acceptors (Lipinski definition) is 5. The largest absolute Gasteiger partial charge is 0.241 e. The summed E-state index contributed by atoms with van der Waals surface area (Å²) in [6.07, 6.45) is 4.24. The van der Waals surface area contributed by atoms with Gasteiger partial charge < -0.3 is 0 Å². The van der Waals surface area contributed by atoms with Gasteiger partial charge in [-0.25, -0.2) is 22.2 Å². The first-order valence-electron chi connectivity index (χ1n) is 7.08. The van der Waals surface area contributed by atoms with Gasteiger partial charge in [-0.3, -0.25) is 0 Å². The fraction of sp³-hybridized carbons (Fsp3) is 0.462. The Labute approximate surface area is 127 Å². The van der Waals surface area contributed by atoms with Crippen molar-refractivity contribution in [1.29, 1.82) is 0 Å². The van der Waals surface area contributed by atoms with Crippen molar-refractivity contribution in [3.8, 4) is 0 Å². The highest BCUT2D eigenvalue weighted by molar-refractivity contribution is 7.89. The topological polar surface area (TPSA) is 89.8 Å². The molecule has 2 aromatic rings. The van der Waals surface area contributed by atoms with E-state index in [1.165, 1.54) is 18.2 Å². The third kappa shape index (κ3) is 3.14. The van der Waals surface area contributed by atoms with Gasteiger partial charge in [0.05, 0.1) is 17.5 Å². The molecule has 22 heavy (non-hydrogen) atoms. The van der Waals surface area contributed by atoms with Gasteiger partial charge in [-0.1, -0.05) is 18.9 Å². The van der Waals surface area contributed by atoms with E-state index in [2.05, 4.69) is 20.2 Å². The van der Waals surface area contributed by atoms with Crippen LogP contribution in [-0.4, -0.2) is 28.6 Å². The Hall–Kier alpha value is -1.87. The van der Waals surface area contributed by atoms with E-state index >= 15 is 0 Å². The molecule has 0 atom stereocenters. The lowest BCUT2D eigenvalue weighted by Gasteiger charge is -2.12. The molecule has 0 amide bonds. The van der Waals surface area contributed by atoms with Crippen LogP contribution in [0.15, 0.2) is 29.2 Å². The highest BCUT2D eigenvalue weighted by Gasteiger charge is 2.22. The lowest BCUT2D eigenvalue weighted by molar-refractivity contribution is 0.435. The molecule has 7 nitrogen and oxygen atoms in total. The smallest absolute Gasteiger partial charge is 0.225 e. The third-order valence-electron chi connectivity index (χ3n) is 3.76. The number of benzene rings is 1. The van der Waals surface area contributed by atoms with Crippen molar-refractivity contribution >= 4 is 10.0 Å². The molecular weight excluding hydrogens is 309 g/mol. The highest BCUT2D eigenvalue weighted by Crippen LogP contribution is 2.29. The van der Waals surface area contributed by atoms with Crippen LogP contribution in [0, 0.1) is 5.82 Å². The van der Waals surface area contributed by atoms with E-state index in [1.54, 1.807) is 4.68 Å². The summed E-state index contributed by atoms with van der Waals surface area (Å²) < 4.78 is 41.6. The van der Waals surface area contributed by atoms with Crippen molar-refractivity contribution in [2.24, 2.45) is 0 Å². The summed E-state index contributed by atoms with van der Waals surface area (Å²) in [5, 5.41) is 11.4. The summed E-state index contributed by atoms with van der Waals surface area (Å²) in [5.41, 5.74) is 0. The second kappa shape index (κ2) is 6.09. The van der Waals surface area contributed by atoms with E-state index < -0.39 is 15.8 Å². The lowest BCUT2D eigenvalue weighted by atomic mass is 10.2. The van der Waals surface area contributed by atoms with Crippen LogP contribution in [0.2, 0.25) is 0 Å². The van der Waals surface area contributed by atoms with Crippen LogP contribution in [-0.2, 0) is 16.6 Å². The van der Waals surface area contributed by atoms with Gasteiger partial charge in [-0.05, 0) is 41.5 Å². The number of nitrogens with one attached hydrogen (secondary N) is 1. The zero-order valence-electron chi connectivity index (χ0n) is 11.8. The average Bonchev–Trinajstić information content (AvgIpc) is 3.16. The Bertz CT molecular complexity index is 755. The molecule has 1 saturated carbocycles. The van der Waals surface area contributed by atoms with Crippen molar-refractivity contribution in [2.75, 3.05) is 0 Å². The molecule has 1 N–H and O–H groups in total. The number of rotatable bonds is 5. The first-order valence-corrected chi connectivity index (χ1v) is 8.56. The molecule has 0 bridgehead atoms. The highest BCUT2D eigenvalue weighted by atomic mass is 32.2. The minimum Gasteiger partial charge on any atom is -0.225 e. The minimum atomic E-state index is -3.80. The Balaban J connectivity index is 1.74. The van der Waals surface area contributed by atoms with Gasteiger partial charge >= 0.3 is 0 Å². The molecular formula is C13H16FN5O2S. The Morgan fingerprint density at radius 3 is 2.82 bits per heavy atom. The van der Waals surface area contributed by atoms with Gasteiger partial charge in [0, 0.05) is 0 Å². The van der Waals surface area contributed by atoms with Crippen molar-refractivity contribution in [3.63, 3.8) is 0 Å². The van der Waals surface area contributed by atoms with E-state index in [1.807, 2.05) is 0 Å². The van der Waals surface area contributed by atoms with E-state index in [-0.39, 0.29) is 17.5 Å². The van der Waals surface area contributed by atoms with E-state index in [9.17, 15) is 12.8 Å². The first-order chi connectivity index (χ1) is 10.6. The number of nitrogens with zero attached hydrogens (tertiary/aromatic N) is 4. The quantitative estimate of drug-likeness (QED) is 0.897. The number of sulfonamides is 1. The molecule has 0 unspecified atom stereocenters. The zero-order chi connectivity index (χ0) is 15.6. The van der Waals surface area contributed by atoms with Gasteiger partial charge in [-0.2, -0.15) is 0 Å². The van der Waals surface area contributed by atoms with Crippen molar-refractivity contribution in [1.82, 2.24) is 24.9 Å². The summed E-state index contributed by atoms with van der Waals surface area (Å²) in [7, 11) is -3.80. The maximum atomic E-state index is 13.2. The third-order valence-corrected chi connectivity index (χ3v) is 5.16. The van der Waals surface area contributed by atoms with Gasteiger partial charge in [0.2, 0.25) is 10.0 Å². The number of aromatic nitrogens is 4. The van der Waals surface area contributed by atoms with Crippen molar-refractivity contribution in [3.05, 3.63) is 35.9 Å². The van der Waals surface area contributed by atoms with Crippen LogP contribution in [0.5, 0.6) is 0 Å². The standard InChI is InChI=1S/C13H16FN5O2S/c14-10-4-3-7-12(8-10)22(20,21)15-9-13-16-17-18-19(13)11-5-1-2-6-11/h3-4,7-8,11,15H,1-2,5-6,9H2. The van der Waals surface area contributed by atoms with Gasteiger partial charge in [0.25, 0.3) is 0 Å². The number of halogens is 1. The summed E-state index contributed by atoms with van der Waals surface area (Å²) in [4.78, 5) is -0.118. The van der Waals surface area contributed by atoms with Crippen LogP contribution in [0.25, 0.3) is 0 Å². The monoisotopic (exact) mass is 325 g/mol. The Morgan fingerprint density at radius 1 is 1.32 bits per heavy atom. The molecule has 118 valence electrons. The van der Waals surface area contributed by atoms with Crippen LogP contribution in [0.4, 0.5) is 4.39 Å². The van der Waals surface area contributed by atoms with Crippen LogP contribution in [0.3, 0.4) is 0 Å². The first kappa shape index (κ1) is 15.0. The molecule has 1 aliphatic rings. The Kier molecular flexibility index (Phi) is 4.16. The molecule has 1 aromatic heterocycles. The zero-order valence-corrected chi connectivity index (χ0v) is 12.6. The maximum Gasteiger partial charge on any atom is 0.241 e. The summed E-state index contributed by atoms with van der Waals surface area (Å²) in [6, 6.07) is 5.09. The maximum absolute atomic E-state index is 13.2. The predicted molar refractivity (Wildman–Crippen MR) is 75.7 cm³/mol. The fourth-order valence-corrected chi connectivity index (χ4v) is 3.65. The summed E-state index contributed by atoms with van der Waals surface area (Å²) >= 11 is 0. The predicted octanol–water partition coefficient (Wildman–Crippen LogP) is 1.41. The van der Waals surface area contributed by atoms with Crippen LogP contribution in [0.1, 0.15) is 37.5 Å². The Morgan fingerprint density at radius 2 is 2.09 bits per heavy atom. The summed E-state index contributed by atoms with van der Waals surface area (Å²) in [6.45, 7) is -0.0254. The molecule has 1 aromatic carbocycles. The number of tetrazole rings is 1. The second-order valence-electron chi connectivity index (χ2n) is 5.26. The lowest BCUT2D eigenvalue weighted by Crippen LogP contribution is -2.26. The number of hydrogen-bond donors (Lipinski definition) is 1. The average molecular weight is 325 g/mol. The molecule has 1 heterocycles. The van der Waals surface area contributed by atoms with Crippen LogP contribution >= 0.6 is 0 Å². The second-order valence-corrected chi connectivity index (χ2v) is 7.03. The SMILES string of the molecule is O=S(=O)(NCc1nnnn1C1CCCC1)c1cccc(F)c1. The molecule has 1 aliphatic carbocycles. The molecule has 0 radical (unpaired) electrons. The molecule has 1 fully saturated rings. The molecule has 0 spiro atoms. The molecule has 9 heteroatoms. The molecule has 0 saturated heterocycles. The van der Waals surface area contributed by atoms with Crippen molar-refractivity contribution < 1.29 is 12.8 Å². The fourth-order valence-electron chi connectivity index (χ4n) is 2.64. The molecule has 3 rings (SSSR count). The van der Waals surface area contributed by atoms with Crippen LogP contribution < -0.4 is 4.72 Å².